The van der Waals surface area contributed by atoms with Gasteiger partial charge in [0.25, 0.3) is 0 Å². The molecule has 0 aliphatic heterocycles. The fourth-order valence-electron chi connectivity index (χ4n) is 2.49. The van der Waals surface area contributed by atoms with Crippen LogP contribution in [0.5, 0.6) is 5.75 Å². The van der Waals surface area contributed by atoms with Crippen LogP contribution in [0.25, 0.3) is 0 Å². The largest absolute Gasteiger partial charge is 0.481 e. The van der Waals surface area contributed by atoms with Gasteiger partial charge in [0.15, 0.2) is 0 Å². The molecule has 2 rings (SSSR count). The van der Waals surface area contributed by atoms with E-state index >= 15 is 0 Å². The molecular weight excluding hydrogens is 358 g/mol. The Kier molecular flexibility index (Phi) is 7.54. The Labute approximate surface area is 155 Å². The molecule has 0 aliphatic carbocycles. The molecule has 144 valence electrons. The number of rotatable bonds is 9. The standard InChI is InChI=1S/C19H20F2N2O4/c20-18(21)27-16-9-6-14(7-10-16)22-19(26)23-15(8-11-17(24)25)12-13-4-2-1-3-5-13/h1-7,9-10,15,18H,8,11-12H2,(H,24,25)(H2,22,23,26). The van der Waals surface area contributed by atoms with E-state index in [-0.39, 0.29) is 24.6 Å². The van der Waals surface area contributed by atoms with Crippen molar-refractivity contribution in [2.45, 2.75) is 31.9 Å². The lowest BCUT2D eigenvalue weighted by atomic mass is 10.0. The second-order valence-electron chi connectivity index (χ2n) is 5.82. The predicted molar refractivity (Wildman–Crippen MR) is 96.0 cm³/mol. The van der Waals surface area contributed by atoms with Crippen LogP contribution in [-0.4, -0.2) is 29.8 Å². The summed E-state index contributed by atoms with van der Waals surface area (Å²) in [4.78, 5) is 23.0. The molecule has 2 amide bonds. The number of amides is 2. The summed E-state index contributed by atoms with van der Waals surface area (Å²) in [6.45, 7) is -2.92. The van der Waals surface area contributed by atoms with Crippen molar-refractivity contribution in [1.82, 2.24) is 5.32 Å². The first-order valence-electron chi connectivity index (χ1n) is 8.30. The summed E-state index contributed by atoms with van der Waals surface area (Å²) in [6, 6.07) is 14.0. The average molecular weight is 378 g/mol. The van der Waals surface area contributed by atoms with Gasteiger partial charge < -0.3 is 20.5 Å². The number of alkyl halides is 2. The number of urea groups is 1. The number of anilines is 1. The third kappa shape index (κ3) is 7.72. The van der Waals surface area contributed by atoms with Crippen molar-refractivity contribution in [3.05, 3.63) is 60.2 Å². The Morgan fingerprint density at radius 2 is 1.70 bits per heavy atom. The molecule has 0 bridgehead atoms. The van der Waals surface area contributed by atoms with Gasteiger partial charge in [0.1, 0.15) is 5.75 Å². The summed E-state index contributed by atoms with van der Waals surface area (Å²) in [7, 11) is 0. The number of carbonyl (C=O) groups is 2. The van der Waals surface area contributed by atoms with E-state index in [0.717, 1.165) is 5.56 Å². The first-order chi connectivity index (χ1) is 12.9. The molecule has 8 heteroatoms. The van der Waals surface area contributed by atoms with E-state index in [1.165, 1.54) is 24.3 Å². The molecule has 27 heavy (non-hydrogen) atoms. The molecule has 0 fully saturated rings. The fourth-order valence-corrected chi connectivity index (χ4v) is 2.49. The van der Waals surface area contributed by atoms with E-state index < -0.39 is 18.6 Å². The third-order valence-corrected chi connectivity index (χ3v) is 3.70. The molecular formula is C19H20F2N2O4. The van der Waals surface area contributed by atoms with Crippen molar-refractivity contribution in [3.63, 3.8) is 0 Å². The van der Waals surface area contributed by atoms with Crippen molar-refractivity contribution in [2.24, 2.45) is 0 Å². The summed E-state index contributed by atoms with van der Waals surface area (Å²) < 4.78 is 28.5. The van der Waals surface area contributed by atoms with E-state index in [1.807, 2.05) is 30.3 Å². The third-order valence-electron chi connectivity index (χ3n) is 3.70. The van der Waals surface area contributed by atoms with Gasteiger partial charge in [-0.2, -0.15) is 8.78 Å². The zero-order chi connectivity index (χ0) is 19.6. The lowest BCUT2D eigenvalue weighted by Crippen LogP contribution is -2.39. The molecule has 3 N–H and O–H groups in total. The Hall–Kier alpha value is -3.16. The highest BCUT2D eigenvalue weighted by Crippen LogP contribution is 2.17. The molecule has 1 atom stereocenters. The van der Waals surface area contributed by atoms with Crippen molar-refractivity contribution in [1.29, 1.82) is 0 Å². The second-order valence-corrected chi connectivity index (χ2v) is 5.82. The minimum absolute atomic E-state index is 0.0145. The summed E-state index contributed by atoms with van der Waals surface area (Å²) in [5.41, 5.74) is 1.37. The second kappa shape index (κ2) is 10.1. The number of hydrogen-bond donors (Lipinski definition) is 3. The van der Waals surface area contributed by atoms with Crippen molar-refractivity contribution in [2.75, 3.05) is 5.32 Å². The number of carboxylic acid groups (broad SMARTS) is 1. The van der Waals surface area contributed by atoms with Crippen molar-refractivity contribution >= 4 is 17.7 Å². The van der Waals surface area contributed by atoms with Gasteiger partial charge in [-0.15, -0.1) is 0 Å². The zero-order valence-electron chi connectivity index (χ0n) is 14.4. The molecule has 0 saturated carbocycles. The van der Waals surface area contributed by atoms with Gasteiger partial charge >= 0.3 is 18.6 Å². The highest BCUT2D eigenvalue weighted by molar-refractivity contribution is 5.89. The quantitative estimate of drug-likeness (QED) is 0.618. The number of hydrogen-bond acceptors (Lipinski definition) is 3. The van der Waals surface area contributed by atoms with Crippen LogP contribution in [0.1, 0.15) is 18.4 Å². The van der Waals surface area contributed by atoms with Gasteiger partial charge in [-0.05, 0) is 42.7 Å². The van der Waals surface area contributed by atoms with Gasteiger partial charge in [-0.3, -0.25) is 4.79 Å². The lowest BCUT2D eigenvalue weighted by molar-refractivity contribution is -0.137. The lowest BCUT2D eigenvalue weighted by Gasteiger charge is -2.19. The molecule has 2 aromatic rings. The first-order valence-corrected chi connectivity index (χ1v) is 8.30. The topological polar surface area (TPSA) is 87.7 Å². The maximum absolute atomic E-state index is 12.2. The molecule has 0 aromatic heterocycles. The van der Waals surface area contributed by atoms with E-state index in [4.69, 9.17) is 5.11 Å². The van der Waals surface area contributed by atoms with Crippen molar-refractivity contribution in [3.8, 4) is 5.75 Å². The molecule has 0 heterocycles. The van der Waals surface area contributed by atoms with E-state index in [9.17, 15) is 18.4 Å². The Balaban J connectivity index is 1.94. The van der Waals surface area contributed by atoms with Gasteiger partial charge in [0.05, 0.1) is 0 Å². The van der Waals surface area contributed by atoms with Crippen LogP contribution in [0.4, 0.5) is 19.3 Å². The Morgan fingerprint density at radius 3 is 2.30 bits per heavy atom. The maximum Gasteiger partial charge on any atom is 0.387 e. The van der Waals surface area contributed by atoms with Gasteiger partial charge in [0, 0.05) is 18.2 Å². The van der Waals surface area contributed by atoms with Crippen LogP contribution < -0.4 is 15.4 Å². The number of nitrogens with one attached hydrogen (secondary N) is 2. The molecule has 0 spiro atoms. The molecule has 0 radical (unpaired) electrons. The maximum atomic E-state index is 12.2. The van der Waals surface area contributed by atoms with E-state index in [2.05, 4.69) is 15.4 Å². The zero-order valence-corrected chi connectivity index (χ0v) is 14.4. The van der Waals surface area contributed by atoms with Crippen LogP contribution in [0.2, 0.25) is 0 Å². The number of ether oxygens (including phenoxy) is 1. The van der Waals surface area contributed by atoms with Gasteiger partial charge in [0.2, 0.25) is 0 Å². The molecule has 1 unspecified atom stereocenters. The van der Waals surface area contributed by atoms with E-state index in [0.29, 0.717) is 12.1 Å². The molecule has 0 saturated heterocycles. The number of halogens is 2. The Morgan fingerprint density at radius 1 is 1.04 bits per heavy atom. The molecule has 0 aliphatic rings. The highest BCUT2D eigenvalue weighted by Gasteiger charge is 2.15. The smallest absolute Gasteiger partial charge is 0.387 e. The number of carbonyl (C=O) groups excluding carboxylic acids is 1. The SMILES string of the molecule is O=C(O)CCC(Cc1ccccc1)NC(=O)Nc1ccc(OC(F)F)cc1. The van der Waals surface area contributed by atoms with Crippen LogP contribution in [0.15, 0.2) is 54.6 Å². The molecule has 2 aromatic carbocycles. The number of aliphatic carboxylic acids is 1. The minimum atomic E-state index is -2.92. The Bertz CT molecular complexity index is 739. The van der Waals surface area contributed by atoms with Gasteiger partial charge in [-0.1, -0.05) is 30.3 Å². The normalized spacial score (nSPS) is 11.7. The van der Waals surface area contributed by atoms with E-state index in [1.54, 1.807) is 0 Å². The monoisotopic (exact) mass is 378 g/mol. The summed E-state index contributed by atoms with van der Waals surface area (Å²) in [6.07, 6.45) is 0.693. The van der Waals surface area contributed by atoms with Gasteiger partial charge in [-0.25, -0.2) is 4.79 Å². The minimum Gasteiger partial charge on any atom is -0.481 e. The van der Waals surface area contributed by atoms with Crippen LogP contribution in [0, 0.1) is 0 Å². The van der Waals surface area contributed by atoms with Crippen molar-refractivity contribution < 1.29 is 28.2 Å². The fraction of sp³-hybridized carbons (Fsp3) is 0.263. The summed E-state index contributed by atoms with van der Waals surface area (Å²) in [5.74, 6) is -0.954. The van der Waals surface area contributed by atoms with Crippen LogP contribution in [-0.2, 0) is 11.2 Å². The summed E-state index contributed by atoms with van der Waals surface area (Å²) >= 11 is 0. The average Bonchev–Trinajstić information content (AvgIpc) is 2.62. The van der Waals surface area contributed by atoms with Crippen LogP contribution >= 0.6 is 0 Å². The summed E-state index contributed by atoms with van der Waals surface area (Å²) in [5, 5.41) is 14.2. The predicted octanol–water partition coefficient (Wildman–Crippen LogP) is 3.89. The first kappa shape index (κ1) is 20.2. The van der Waals surface area contributed by atoms with Crippen LogP contribution in [0.3, 0.4) is 0 Å². The molecule has 6 nitrogen and oxygen atoms in total. The number of carboxylic acids is 1. The highest BCUT2D eigenvalue weighted by atomic mass is 19.3. The number of benzene rings is 2.